The minimum absolute atomic E-state index is 0.0234. The lowest BCUT2D eigenvalue weighted by Gasteiger charge is -2.35. The molecule has 3 N–H and O–H groups in total. The van der Waals surface area contributed by atoms with Crippen LogP contribution in [0.1, 0.15) is 25.3 Å². The normalized spacial score (nSPS) is 26.5. The molecule has 0 radical (unpaired) electrons. The zero-order chi connectivity index (χ0) is 10.9. The van der Waals surface area contributed by atoms with E-state index in [2.05, 4.69) is 12.2 Å². The van der Waals surface area contributed by atoms with Crippen molar-refractivity contribution in [2.75, 3.05) is 18.8 Å². The van der Waals surface area contributed by atoms with E-state index in [9.17, 15) is 4.39 Å². The van der Waals surface area contributed by atoms with Crippen molar-refractivity contribution in [3.05, 3.63) is 29.6 Å². The summed E-state index contributed by atoms with van der Waals surface area (Å²) in [7, 11) is 0. The van der Waals surface area contributed by atoms with E-state index in [4.69, 9.17) is 5.73 Å². The molecule has 0 aromatic heterocycles. The molecule has 1 atom stereocenters. The summed E-state index contributed by atoms with van der Waals surface area (Å²) >= 11 is 0. The molecule has 1 heterocycles. The zero-order valence-corrected chi connectivity index (χ0v) is 9.02. The maximum absolute atomic E-state index is 13.2. The number of hydrogen-bond donors (Lipinski definition) is 2. The number of halogens is 1. The van der Waals surface area contributed by atoms with Crippen LogP contribution in [-0.2, 0) is 5.41 Å². The first-order chi connectivity index (χ1) is 7.12. The summed E-state index contributed by atoms with van der Waals surface area (Å²) in [4.78, 5) is 0. The lowest BCUT2D eigenvalue weighted by Crippen LogP contribution is -2.41. The topological polar surface area (TPSA) is 38.0 Å². The van der Waals surface area contributed by atoms with Gasteiger partial charge in [0.05, 0.1) is 0 Å². The molecule has 2 nitrogen and oxygen atoms in total. The van der Waals surface area contributed by atoms with Crippen LogP contribution in [0.4, 0.5) is 10.1 Å². The van der Waals surface area contributed by atoms with Crippen molar-refractivity contribution in [1.29, 1.82) is 0 Å². The molecule has 2 rings (SSSR count). The summed E-state index contributed by atoms with van der Waals surface area (Å²) in [5, 5.41) is 3.34. The van der Waals surface area contributed by atoms with Gasteiger partial charge in [0.2, 0.25) is 0 Å². The molecule has 0 aliphatic carbocycles. The average molecular weight is 208 g/mol. The number of nitrogens with one attached hydrogen (secondary N) is 1. The number of hydrogen-bond acceptors (Lipinski definition) is 2. The van der Waals surface area contributed by atoms with E-state index in [1.54, 1.807) is 12.1 Å². The molecule has 0 bridgehead atoms. The number of rotatable bonds is 1. The molecule has 1 fully saturated rings. The van der Waals surface area contributed by atoms with Gasteiger partial charge in [-0.25, -0.2) is 4.39 Å². The van der Waals surface area contributed by atoms with Gasteiger partial charge in [-0.1, -0.05) is 6.92 Å². The minimum atomic E-state index is -0.203. The van der Waals surface area contributed by atoms with Crippen LogP contribution in [-0.4, -0.2) is 13.1 Å². The fraction of sp³-hybridized carbons (Fsp3) is 0.500. The molecular weight excluding hydrogens is 191 g/mol. The Balaban J connectivity index is 2.38. The molecule has 0 amide bonds. The van der Waals surface area contributed by atoms with Crippen molar-refractivity contribution >= 4 is 5.69 Å². The first-order valence-corrected chi connectivity index (χ1v) is 5.38. The quantitative estimate of drug-likeness (QED) is 0.693. The van der Waals surface area contributed by atoms with Gasteiger partial charge in [-0.3, -0.25) is 0 Å². The molecule has 3 heteroatoms. The predicted molar refractivity (Wildman–Crippen MR) is 60.3 cm³/mol. The standard InChI is InChI=1S/C12H17FN2/c1-12(5-2-6-15-8-12)10-7-9(13)3-4-11(10)14/h3-4,7,15H,2,5-6,8,14H2,1H3. The molecule has 15 heavy (non-hydrogen) atoms. The van der Waals surface area contributed by atoms with Crippen LogP contribution in [0.3, 0.4) is 0 Å². The number of benzene rings is 1. The summed E-state index contributed by atoms with van der Waals surface area (Å²) in [5.74, 6) is -0.203. The third-order valence-corrected chi connectivity index (χ3v) is 3.26. The van der Waals surface area contributed by atoms with Gasteiger partial charge in [-0.05, 0) is 43.1 Å². The molecule has 1 unspecified atom stereocenters. The van der Waals surface area contributed by atoms with Crippen molar-refractivity contribution in [2.24, 2.45) is 0 Å². The van der Waals surface area contributed by atoms with Crippen LogP contribution >= 0.6 is 0 Å². The summed E-state index contributed by atoms with van der Waals surface area (Å²) in [6.07, 6.45) is 2.18. The highest BCUT2D eigenvalue weighted by atomic mass is 19.1. The Kier molecular flexibility index (Phi) is 2.65. The first kappa shape index (κ1) is 10.4. The van der Waals surface area contributed by atoms with Crippen molar-refractivity contribution in [3.63, 3.8) is 0 Å². The molecule has 1 saturated heterocycles. The molecular formula is C12H17FN2. The van der Waals surface area contributed by atoms with Gasteiger partial charge in [-0.15, -0.1) is 0 Å². The summed E-state index contributed by atoms with van der Waals surface area (Å²) in [6.45, 7) is 4.07. The van der Waals surface area contributed by atoms with Crippen LogP contribution in [0.5, 0.6) is 0 Å². The van der Waals surface area contributed by atoms with Gasteiger partial charge in [0, 0.05) is 17.6 Å². The smallest absolute Gasteiger partial charge is 0.123 e. The van der Waals surface area contributed by atoms with Gasteiger partial charge in [0.15, 0.2) is 0 Å². The average Bonchev–Trinajstić information content (AvgIpc) is 2.23. The summed E-state index contributed by atoms with van der Waals surface area (Å²) < 4.78 is 13.2. The van der Waals surface area contributed by atoms with Crippen molar-refractivity contribution in [1.82, 2.24) is 5.32 Å². The Labute approximate surface area is 89.7 Å². The summed E-state index contributed by atoms with van der Waals surface area (Å²) in [6, 6.07) is 4.64. The van der Waals surface area contributed by atoms with Gasteiger partial charge in [0.1, 0.15) is 5.82 Å². The van der Waals surface area contributed by atoms with E-state index in [-0.39, 0.29) is 11.2 Å². The molecule has 1 aliphatic heterocycles. The van der Waals surface area contributed by atoms with Crippen LogP contribution < -0.4 is 11.1 Å². The second-order valence-electron chi connectivity index (χ2n) is 4.57. The van der Waals surface area contributed by atoms with Crippen molar-refractivity contribution < 1.29 is 4.39 Å². The highest BCUT2D eigenvalue weighted by Crippen LogP contribution is 2.34. The molecule has 1 aliphatic rings. The monoisotopic (exact) mass is 208 g/mol. The number of nitrogen functional groups attached to an aromatic ring is 1. The zero-order valence-electron chi connectivity index (χ0n) is 9.02. The molecule has 0 saturated carbocycles. The Hall–Kier alpha value is -1.09. The van der Waals surface area contributed by atoms with Crippen LogP contribution in [0.15, 0.2) is 18.2 Å². The SMILES string of the molecule is CC1(c2cc(F)ccc2N)CCCNC1. The van der Waals surface area contributed by atoms with E-state index < -0.39 is 0 Å². The van der Waals surface area contributed by atoms with Crippen molar-refractivity contribution in [2.45, 2.75) is 25.2 Å². The Morgan fingerprint density at radius 2 is 2.27 bits per heavy atom. The van der Waals surface area contributed by atoms with Crippen molar-refractivity contribution in [3.8, 4) is 0 Å². The van der Waals surface area contributed by atoms with Gasteiger partial charge in [0.25, 0.3) is 0 Å². The van der Waals surface area contributed by atoms with E-state index in [0.29, 0.717) is 5.69 Å². The van der Waals surface area contributed by atoms with Gasteiger partial charge < -0.3 is 11.1 Å². The lowest BCUT2D eigenvalue weighted by molar-refractivity contribution is 0.339. The highest BCUT2D eigenvalue weighted by Gasteiger charge is 2.30. The Bertz CT molecular complexity index is 357. The third-order valence-electron chi connectivity index (χ3n) is 3.26. The largest absolute Gasteiger partial charge is 0.398 e. The second kappa shape index (κ2) is 3.81. The molecule has 1 aromatic rings. The summed E-state index contributed by atoms with van der Waals surface area (Å²) in [5.41, 5.74) is 7.52. The van der Waals surface area contributed by atoms with Gasteiger partial charge in [-0.2, -0.15) is 0 Å². The van der Waals surface area contributed by atoms with E-state index in [0.717, 1.165) is 31.5 Å². The van der Waals surface area contributed by atoms with Crippen LogP contribution in [0.2, 0.25) is 0 Å². The fourth-order valence-electron chi connectivity index (χ4n) is 2.34. The Morgan fingerprint density at radius 1 is 1.47 bits per heavy atom. The molecule has 0 spiro atoms. The van der Waals surface area contributed by atoms with E-state index >= 15 is 0 Å². The number of anilines is 1. The minimum Gasteiger partial charge on any atom is -0.398 e. The predicted octanol–water partition coefficient (Wildman–Crippen LogP) is 2.05. The first-order valence-electron chi connectivity index (χ1n) is 5.38. The van der Waals surface area contributed by atoms with E-state index in [1.165, 1.54) is 6.07 Å². The number of nitrogens with two attached hydrogens (primary N) is 1. The fourth-order valence-corrected chi connectivity index (χ4v) is 2.34. The third kappa shape index (κ3) is 1.97. The number of piperidine rings is 1. The molecule has 1 aromatic carbocycles. The van der Waals surface area contributed by atoms with E-state index in [1.807, 2.05) is 0 Å². The maximum atomic E-state index is 13.2. The lowest BCUT2D eigenvalue weighted by atomic mass is 9.76. The van der Waals surface area contributed by atoms with Crippen LogP contribution in [0.25, 0.3) is 0 Å². The second-order valence-corrected chi connectivity index (χ2v) is 4.57. The van der Waals surface area contributed by atoms with Gasteiger partial charge >= 0.3 is 0 Å². The maximum Gasteiger partial charge on any atom is 0.123 e. The molecule has 82 valence electrons. The van der Waals surface area contributed by atoms with Crippen LogP contribution in [0, 0.1) is 5.82 Å². The highest BCUT2D eigenvalue weighted by molar-refractivity contribution is 5.51. The Morgan fingerprint density at radius 3 is 2.93 bits per heavy atom.